The molecule has 10 heteroatoms. The topological polar surface area (TPSA) is 90.7 Å². The van der Waals surface area contributed by atoms with Crippen molar-refractivity contribution in [2.75, 3.05) is 56.0 Å². The average Bonchev–Trinajstić information content (AvgIpc) is 3.44. The summed E-state index contributed by atoms with van der Waals surface area (Å²) >= 11 is 1.39. The van der Waals surface area contributed by atoms with Crippen LogP contribution in [0.2, 0.25) is 0 Å². The molecule has 4 rings (SSSR count). The van der Waals surface area contributed by atoms with E-state index in [1.165, 1.54) is 11.8 Å². The van der Waals surface area contributed by atoms with E-state index in [1.807, 2.05) is 24.3 Å². The first kappa shape index (κ1) is 21.0. The van der Waals surface area contributed by atoms with Crippen molar-refractivity contribution in [3.8, 4) is 5.75 Å². The van der Waals surface area contributed by atoms with Gasteiger partial charge in [0.05, 0.1) is 38.7 Å². The number of nitrogens with one attached hydrogen (secondary N) is 1. The fourth-order valence-corrected chi connectivity index (χ4v) is 4.28. The number of carbonyl (C=O) groups is 1. The quantitative estimate of drug-likeness (QED) is 0.633. The third-order valence-electron chi connectivity index (χ3n) is 5.11. The van der Waals surface area contributed by atoms with Gasteiger partial charge in [-0.15, -0.1) is 10.2 Å². The monoisotopic (exact) mass is 433 g/mol. The smallest absolute Gasteiger partial charge is 0.234 e. The second-order valence-electron chi connectivity index (χ2n) is 7.19. The number of methoxy groups -OCH3 is 1. The molecule has 0 aliphatic carbocycles. The predicted octanol–water partition coefficient (Wildman–Crippen LogP) is 2.03. The number of morpholine rings is 1. The Morgan fingerprint density at radius 2 is 2.03 bits per heavy atom. The first-order valence-corrected chi connectivity index (χ1v) is 11.2. The molecule has 1 unspecified atom stereocenters. The Hall–Kier alpha value is -2.30. The number of amides is 1. The highest BCUT2D eigenvalue weighted by molar-refractivity contribution is 7.99. The van der Waals surface area contributed by atoms with Gasteiger partial charge in [0, 0.05) is 25.4 Å². The van der Waals surface area contributed by atoms with E-state index in [2.05, 4.69) is 25.0 Å². The minimum atomic E-state index is -0.0928. The van der Waals surface area contributed by atoms with Gasteiger partial charge in [0.1, 0.15) is 5.75 Å². The molecule has 2 fully saturated rings. The highest BCUT2D eigenvalue weighted by Crippen LogP contribution is 2.26. The summed E-state index contributed by atoms with van der Waals surface area (Å²) in [5, 5.41) is 12.4. The molecular weight excluding hydrogens is 406 g/mol. The van der Waals surface area contributed by atoms with Crippen molar-refractivity contribution in [1.29, 1.82) is 0 Å². The molecule has 2 saturated heterocycles. The molecule has 1 aromatic heterocycles. The summed E-state index contributed by atoms with van der Waals surface area (Å²) in [5.74, 6) is 1.73. The summed E-state index contributed by atoms with van der Waals surface area (Å²) in [6, 6.07) is 7.26. The number of hydrogen-bond donors (Lipinski definition) is 1. The van der Waals surface area contributed by atoms with E-state index in [9.17, 15) is 4.79 Å². The van der Waals surface area contributed by atoms with Gasteiger partial charge in [-0.2, -0.15) is 0 Å². The Kier molecular flexibility index (Phi) is 7.08. The van der Waals surface area contributed by atoms with Crippen LogP contribution < -0.4 is 15.0 Å². The predicted molar refractivity (Wildman–Crippen MR) is 114 cm³/mol. The Morgan fingerprint density at radius 3 is 2.73 bits per heavy atom. The maximum Gasteiger partial charge on any atom is 0.234 e. The van der Waals surface area contributed by atoms with Crippen molar-refractivity contribution < 1.29 is 19.0 Å². The number of ether oxygens (including phenoxy) is 3. The van der Waals surface area contributed by atoms with Crippen LogP contribution in [0.3, 0.4) is 0 Å². The fraction of sp³-hybridized carbons (Fsp3) is 0.550. The minimum absolute atomic E-state index is 0.0928. The van der Waals surface area contributed by atoms with E-state index in [1.54, 1.807) is 7.11 Å². The summed E-state index contributed by atoms with van der Waals surface area (Å²) in [4.78, 5) is 14.6. The summed E-state index contributed by atoms with van der Waals surface area (Å²) in [6.45, 7) is 4.42. The number of carbonyl (C=O) groups excluding carboxylic acids is 1. The average molecular weight is 434 g/mol. The zero-order chi connectivity index (χ0) is 20.8. The lowest BCUT2D eigenvalue weighted by atomic mass is 10.2. The first-order valence-electron chi connectivity index (χ1n) is 10.2. The molecule has 0 bridgehead atoms. The molecule has 0 saturated carbocycles. The zero-order valence-corrected chi connectivity index (χ0v) is 17.9. The maximum atomic E-state index is 12.4. The summed E-state index contributed by atoms with van der Waals surface area (Å²) in [6.07, 6.45) is 2.27. The van der Waals surface area contributed by atoms with Crippen LogP contribution in [0.25, 0.3) is 0 Å². The molecule has 0 radical (unpaired) electrons. The van der Waals surface area contributed by atoms with Crippen LogP contribution in [-0.4, -0.2) is 72.5 Å². The SMILES string of the molecule is COc1ccc(NC(=O)CSc2nnc(N3CCOCC3)n2CC2CCCO2)cc1. The molecule has 2 aliphatic heterocycles. The summed E-state index contributed by atoms with van der Waals surface area (Å²) in [5.41, 5.74) is 0.733. The highest BCUT2D eigenvalue weighted by atomic mass is 32.2. The van der Waals surface area contributed by atoms with Gasteiger partial charge in [-0.25, -0.2) is 0 Å². The van der Waals surface area contributed by atoms with Crippen molar-refractivity contribution in [3.63, 3.8) is 0 Å². The lowest BCUT2D eigenvalue weighted by Crippen LogP contribution is -2.38. The molecule has 2 aromatic rings. The number of benzene rings is 1. The van der Waals surface area contributed by atoms with Crippen molar-refractivity contribution in [3.05, 3.63) is 24.3 Å². The summed E-state index contributed by atoms with van der Waals surface area (Å²) in [7, 11) is 1.61. The van der Waals surface area contributed by atoms with Crippen molar-refractivity contribution >= 4 is 29.3 Å². The van der Waals surface area contributed by atoms with Gasteiger partial charge in [-0.1, -0.05) is 11.8 Å². The largest absolute Gasteiger partial charge is 0.497 e. The Labute approximate surface area is 180 Å². The Bertz CT molecular complexity index is 832. The van der Waals surface area contributed by atoms with E-state index in [0.29, 0.717) is 19.8 Å². The highest BCUT2D eigenvalue weighted by Gasteiger charge is 2.25. The van der Waals surface area contributed by atoms with E-state index < -0.39 is 0 Å². The Balaban J connectivity index is 1.41. The van der Waals surface area contributed by atoms with Gasteiger partial charge in [-0.05, 0) is 37.1 Å². The lowest BCUT2D eigenvalue weighted by molar-refractivity contribution is -0.113. The molecular formula is C20H27N5O4S. The van der Waals surface area contributed by atoms with Crippen LogP contribution in [0.4, 0.5) is 11.6 Å². The number of thioether (sulfide) groups is 1. The van der Waals surface area contributed by atoms with Crippen LogP contribution in [0.1, 0.15) is 12.8 Å². The van der Waals surface area contributed by atoms with Gasteiger partial charge in [0.15, 0.2) is 5.16 Å². The molecule has 9 nitrogen and oxygen atoms in total. The zero-order valence-electron chi connectivity index (χ0n) is 17.1. The molecule has 3 heterocycles. The molecule has 1 atom stereocenters. The second kappa shape index (κ2) is 10.1. The van der Waals surface area contributed by atoms with E-state index >= 15 is 0 Å². The van der Waals surface area contributed by atoms with Crippen LogP contribution >= 0.6 is 11.8 Å². The molecule has 2 aliphatic rings. The Morgan fingerprint density at radius 1 is 1.23 bits per heavy atom. The normalized spacial score (nSPS) is 19.1. The number of aromatic nitrogens is 3. The van der Waals surface area contributed by atoms with Gasteiger partial charge in [0.25, 0.3) is 0 Å². The van der Waals surface area contributed by atoms with Crippen molar-refractivity contribution in [1.82, 2.24) is 14.8 Å². The third-order valence-corrected chi connectivity index (χ3v) is 6.07. The van der Waals surface area contributed by atoms with Gasteiger partial charge in [0.2, 0.25) is 11.9 Å². The second-order valence-corrected chi connectivity index (χ2v) is 8.14. The molecule has 1 N–H and O–H groups in total. The fourth-order valence-electron chi connectivity index (χ4n) is 3.54. The van der Waals surface area contributed by atoms with E-state index in [-0.39, 0.29) is 17.8 Å². The number of nitrogens with zero attached hydrogens (tertiary/aromatic N) is 4. The van der Waals surface area contributed by atoms with Gasteiger partial charge < -0.3 is 24.4 Å². The summed E-state index contributed by atoms with van der Waals surface area (Å²) < 4.78 is 18.5. The molecule has 1 aromatic carbocycles. The molecule has 30 heavy (non-hydrogen) atoms. The van der Waals surface area contributed by atoms with Crippen LogP contribution in [0, 0.1) is 0 Å². The van der Waals surface area contributed by atoms with Crippen LogP contribution in [-0.2, 0) is 20.8 Å². The molecule has 1 amide bonds. The van der Waals surface area contributed by atoms with Gasteiger partial charge in [-0.3, -0.25) is 9.36 Å². The van der Waals surface area contributed by atoms with Crippen LogP contribution in [0.5, 0.6) is 5.75 Å². The minimum Gasteiger partial charge on any atom is -0.497 e. The molecule has 0 spiro atoms. The molecule has 162 valence electrons. The lowest BCUT2D eigenvalue weighted by Gasteiger charge is -2.28. The number of rotatable bonds is 8. The number of anilines is 2. The standard InChI is InChI=1S/C20H27N5O4S/c1-27-16-6-4-15(5-7-16)21-18(26)14-30-20-23-22-19(24-8-11-28-12-9-24)25(20)13-17-3-2-10-29-17/h4-7,17H,2-3,8-14H2,1H3,(H,21,26). The van der Waals surface area contributed by atoms with Gasteiger partial charge >= 0.3 is 0 Å². The maximum absolute atomic E-state index is 12.4. The first-order chi connectivity index (χ1) is 14.7. The van der Waals surface area contributed by atoms with Crippen molar-refractivity contribution in [2.24, 2.45) is 0 Å². The third kappa shape index (κ3) is 5.24. The number of hydrogen-bond acceptors (Lipinski definition) is 8. The van der Waals surface area contributed by atoms with E-state index in [4.69, 9.17) is 14.2 Å². The van der Waals surface area contributed by atoms with Crippen LogP contribution in [0.15, 0.2) is 29.4 Å². The van der Waals surface area contributed by atoms with E-state index in [0.717, 1.165) is 55.1 Å². The van der Waals surface area contributed by atoms with Crippen molar-refractivity contribution in [2.45, 2.75) is 30.6 Å².